The van der Waals surface area contributed by atoms with Crippen LogP contribution in [0.2, 0.25) is 6.82 Å². The van der Waals surface area contributed by atoms with Gasteiger partial charge >= 0.3 is 6.92 Å². The van der Waals surface area contributed by atoms with Gasteiger partial charge in [0.25, 0.3) is 0 Å². The molecular weight excluding hydrogens is 187 g/mol. The third-order valence-electron chi connectivity index (χ3n) is 2.92. The molecule has 0 aromatic heterocycles. The Morgan fingerprint density at radius 2 is 2.33 bits per heavy atom. The van der Waals surface area contributed by atoms with Crippen molar-refractivity contribution in [1.29, 1.82) is 0 Å². The summed E-state index contributed by atoms with van der Waals surface area (Å²) >= 11 is 0. The lowest BCUT2D eigenvalue weighted by Crippen LogP contribution is -2.29. The SMILES string of the molecule is CCC1OB(C)c2c(NCN)cccc21. The average molecular weight is 204 g/mol. The molecule has 0 saturated carbocycles. The maximum absolute atomic E-state index is 5.89. The molecule has 0 aliphatic carbocycles. The summed E-state index contributed by atoms with van der Waals surface area (Å²) in [5.41, 5.74) is 9.21. The Hall–Kier alpha value is -0.995. The van der Waals surface area contributed by atoms with E-state index in [0.29, 0.717) is 6.67 Å². The molecule has 1 aromatic carbocycles. The lowest BCUT2D eigenvalue weighted by atomic mass is 9.63. The van der Waals surface area contributed by atoms with Crippen molar-refractivity contribution in [1.82, 2.24) is 0 Å². The largest absolute Gasteiger partial charge is 0.424 e. The van der Waals surface area contributed by atoms with Crippen LogP contribution in [0, 0.1) is 0 Å². The van der Waals surface area contributed by atoms with E-state index in [1.54, 1.807) is 0 Å². The Balaban J connectivity index is 2.42. The predicted molar refractivity (Wildman–Crippen MR) is 64.5 cm³/mol. The zero-order valence-electron chi connectivity index (χ0n) is 9.29. The molecule has 0 spiro atoms. The van der Waals surface area contributed by atoms with E-state index in [2.05, 4.69) is 37.3 Å². The van der Waals surface area contributed by atoms with Gasteiger partial charge in [-0.25, -0.2) is 0 Å². The van der Waals surface area contributed by atoms with Crippen molar-refractivity contribution in [2.45, 2.75) is 26.3 Å². The summed E-state index contributed by atoms with van der Waals surface area (Å²) in [6, 6.07) is 6.26. The third kappa shape index (κ3) is 1.75. The van der Waals surface area contributed by atoms with Gasteiger partial charge in [-0.1, -0.05) is 25.9 Å². The van der Waals surface area contributed by atoms with Gasteiger partial charge in [-0.2, -0.15) is 0 Å². The smallest absolute Gasteiger partial charge is 0.326 e. The number of hydrogen-bond acceptors (Lipinski definition) is 3. The van der Waals surface area contributed by atoms with Crippen LogP contribution in [0.25, 0.3) is 0 Å². The van der Waals surface area contributed by atoms with Crippen molar-refractivity contribution in [3.8, 4) is 0 Å². The number of anilines is 1. The summed E-state index contributed by atoms with van der Waals surface area (Å²) in [6.45, 7) is 4.87. The number of hydrogen-bond donors (Lipinski definition) is 2. The van der Waals surface area contributed by atoms with E-state index in [9.17, 15) is 0 Å². The molecule has 2 rings (SSSR count). The zero-order valence-corrected chi connectivity index (χ0v) is 9.29. The first-order valence-corrected chi connectivity index (χ1v) is 5.50. The molecular formula is C11H17BN2O. The summed E-state index contributed by atoms with van der Waals surface area (Å²) in [5.74, 6) is 0. The minimum Gasteiger partial charge on any atom is -0.424 e. The van der Waals surface area contributed by atoms with Crippen molar-refractivity contribution in [3.05, 3.63) is 23.8 Å². The first-order valence-electron chi connectivity index (χ1n) is 5.50. The van der Waals surface area contributed by atoms with Crippen LogP contribution >= 0.6 is 0 Å². The topological polar surface area (TPSA) is 47.3 Å². The normalized spacial score (nSPS) is 19.1. The van der Waals surface area contributed by atoms with E-state index in [0.717, 1.165) is 12.1 Å². The summed E-state index contributed by atoms with van der Waals surface area (Å²) in [6.07, 6.45) is 1.26. The van der Waals surface area contributed by atoms with Crippen LogP contribution in [-0.2, 0) is 4.65 Å². The third-order valence-corrected chi connectivity index (χ3v) is 2.92. The fraction of sp³-hybridized carbons (Fsp3) is 0.455. The van der Waals surface area contributed by atoms with Gasteiger partial charge in [-0.15, -0.1) is 0 Å². The van der Waals surface area contributed by atoms with E-state index < -0.39 is 0 Å². The Morgan fingerprint density at radius 3 is 3.00 bits per heavy atom. The molecule has 80 valence electrons. The Labute approximate surface area is 91.1 Å². The van der Waals surface area contributed by atoms with Gasteiger partial charge in [0.2, 0.25) is 0 Å². The van der Waals surface area contributed by atoms with E-state index in [-0.39, 0.29) is 13.0 Å². The monoisotopic (exact) mass is 204 g/mol. The Morgan fingerprint density at radius 1 is 1.53 bits per heavy atom. The minimum absolute atomic E-state index is 0.167. The molecule has 0 saturated heterocycles. The van der Waals surface area contributed by atoms with E-state index in [1.807, 2.05) is 0 Å². The molecule has 15 heavy (non-hydrogen) atoms. The highest BCUT2D eigenvalue weighted by atomic mass is 16.5. The molecule has 0 fully saturated rings. The first-order chi connectivity index (χ1) is 7.27. The molecule has 3 N–H and O–H groups in total. The van der Waals surface area contributed by atoms with Crippen molar-refractivity contribution in [3.63, 3.8) is 0 Å². The second kappa shape index (κ2) is 4.25. The molecule has 4 heteroatoms. The second-order valence-electron chi connectivity index (χ2n) is 3.86. The maximum Gasteiger partial charge on any atom is 0.326 e. The predicted octanol–water partition coefficient (Wildman–Crippen LogP) is 1.32. The standard InChI is InChI=1S/C11H17BN2O/c1-3-10-8-5-4-6-9(14-7-13)11(8)12(2)15-10/h4-6,10,14H,3,7,13H2,1-2H3. The van der Waals surface area contributed by atoms with Crippen LogP contribution < -0.4 is 16.5 Å². The zero-order chi connectivity index (χ0) is 10.8. The van der Waals surface area contributed by atoms with Crippen molar-refractivity contribution in [2.24, 2.45) is 5.73 Å². The molecule has 0 amide bonds. The molecule has 3 nitrogen and oxygen atoms in total. The van der Waals surface area contributed by atoms with Gasteiger partial charge in [0, 0.05) is 5.69 Å². The van der Waals surface area contributed by atoms with Crippen LogP contribution in [0.1, 0.15) is 25.0 Å². The number of rotatable bonds is 3. The van der Waals surface area contributed by atoms with E-state index in [1.165, 1.54) is 11.0 Å². The van der Waals surface area contributed by atoms with Gasteiger partial charge in [0.1, 0.15) is 0 Å². The van der Waals surface area contributed by atoms with Gasteiger partial charge in [-0.05, 0) is 23.5 Å². The molecule has 1 unspecified atom stereocenters. The van der Waals surface area contributed by atoms with E-state index >= 15 is 0 Å². The second-order valence-corrected chi connectivity index (χ2v) is 3.86. The molecule has 0 bridgehead atoms. The first kappa shape index (κ1) is 10.5. The van der Waals surface area contributed by atoms with Crippen molar-refractivity contribution in [2.75, 3.05) is 12.0 Å². The summed E-state index contributed by atoms with van der Waals surface area (Å²) in [5, 5.41) is 3.18. The van der Waals surface area contributed by atoms with Crippen LogP contribution in [0.4, 0.5) is 5.69 Å². The molecule has 1 aliphatic heterocycles. The molecule has 1 aromatic rings. The number of nitrogens with two attached hydrogens (primary N) is 1. The van der Waals surface area contributed by atoms with Gasteiger partial charge in [0.15, 0.2) is 0 Å². The lowest BCUT2D eigenvalue weighted by molar-refractivity contribution is 0.221. The van der Waals surface area contributed by atoms with Crippen LogP contribution in [0.15, 0.2) is 18.2 Å². The highest BCUT2D eigenvalue weighted by Crippen LogP contribution is 2.29. The average Bonchev–Trinajstić information content (AvgIpc) is 2.57. The van der Waals surface area contributed by atoms with E-state index in [4.69, 9.17) is 10.4 Å². The Kier molecular flexibility index (Phi) is 2.98. The number of benzene rings is 1. The van der Waals surface area contributed by atoms with Crippen LogP contribution in [-0.4, -0.2) is 13.6 Å². The summed E-state index contributed by atoms with van der Waals surface area (Å²) < 4.78 is 5.89. The number of nitrogens with one attached hydrogen (secondary N) is 1. The van der Waals surface area contributed by atoms with Gasteiger partial charge in [-0.3, -0.25) is 0 Å². The number of fused-ring (bicyclic) bond motifs is 1. The molecule has 0 radical (unpaired) electrons. The van der Waals surface area contributed by atoms with Crippen molar-refractivity contribution >= 4 is 18.1 Å². The van der Waals surface area contributed by atoms with Gasteiger partial charge < -0.3 is 15.7 Å². The maximum atomic E-state index is 5.89. The Bertz CT molecular complexity index is 356. The minimum atomic E-state index is 0.167. The van der Waals surface area contributed by atoms with Crippen molar-refractivity contribution < 1.29 is 4.65 Å². The lowest BCUT2D eigenvalue weighted by Gasteiger charge is -2.11. The van der Waals surface area contributed by atoms with Gasteiger partial charge in [0.05, 0.1) is 12.8 Å². The van der Waals surface area contributed by atoms with Crippen LogP contribution in [0.5, 0.6) is 0 Å². The molecule has 1 atom stereocenters. The molecule has 1 aliphatic rings. The molecule has 1 heterocycles. The quantitative estimate of drug-likeness (QED) is 0.576. The highest BCUT2D eigenvalue weighted by Gasteiger charge is 2.32. The fourth-order valence-electron chi connectivity index (χ4n) is 2.29. The highest BCUT2D eigenvalue weighted by molar-refractivity contribution is 6.69. The summed E-state index contributed by atoms with van der Waals surface area (Å²) in [7, 11) is 0. The van der Waals surface area contributed by atoms with Crippen LogP contribution in [0.3, 0.4) is 0 Å². The summed E-state index contributed by atoms with van der Waals surface area (Å²) in [4.78, 5) is 0. The fourth-order valence-corrected chi connectivity index (χ4v) is 2.29.